The van der Waals surface area contributed by atoms with Gasteiger partial charge in [-0.3, -0.25) is 14.9 Å². The quantitative estimate of drug-likeness (QED) is 0.264. The summed E-state index contributed by atoms with van der Waals surface area (Å²) in [6.07, 6.45) is -0.454. The van der Waals surface area contributed by atoms with Crippen molar-refractivity contribution in [2.24, 2.45) is 0 Å². The molecule has 1 heterocycles. The first-order chi connectivity index (χ1) is 15.3. The van der Waals surface area contributed by atoms with Crippen LogP contribution in [-0.4, -0.2) is 31.3 Å². The number of ether oxygens (including phenoxy) is 1. The molecule has 3 aromatic rings. The number of carbonyl (C=O) groups is 1. The van der Waals surface area contributed by atoms with Gasteiger partial charge in [-0.2, -0.15) is 0 Å². The van der Waals surface area contributed by atoms with Crippen molar-refractivity contribution in [1.82, 2.24) is 14.8 Å². The number of nitrogens with one attached hydrogen (secondary N) is 1. The van der Waals surface area contributed by atoms with Crippen molar-refractivity contribution in [2.45, 2.75) is 31.7 Å². The second kappa shape index (κ2) is 10.4. The summed E-state index contributed by atoms with van der Waals surface area (Å²) in [6, 6.07) is 10.0. The van der Waals surface area contributed by atoms with E-state index in [2.05, 4.69) is 15.5 Å². The molecule has 0 saturated heterocycles. The summed E-state index contributed by atoms with van der Waals surface area (Å²) in [7, 11) is 0. The Kier molecular flexibility index (Phi) is 7.65. The van der Waals surface area contributed by atoms with Crippen molar-refractivity contribution >= 4 is 40.6 Å². The van der Waals surface area contributed by atoms with E-state index in [1.165, 1.54) is 0 Å². The number of hydrogen-bond donors (Lipinski definition) is 1. The highest BCUT2D eigenvalue weighted by molar-refractivity contribution is 7.99. The Bertz CT molecular complexity index is 1140. The number of rotatable bonds is 9. The summed E-state index contributed by atoms with van der Waals surface area (Å²) in [6.45, 7) is 4.24. The van der Waals surface area contributed by atoms with Gasteiger partial charge in [0.05, 0.1) is 21.4 Å². The van der Waals surface area contributed by atoms with Crippen molar-refractivity contribution in [3.8, 4) is 5.75 Å². The molecule has 1 amide bonds. The number of thioether (sulfide) groups is 1. The second-order valence-electron chi connectivity index (χ2n) is 6.53. The largest absolute Gasteiger partial charge is 0.481 e. The maximum Gasteiger partial charge on any atom is 0.271 e. The number of benzene rings is 2. The number of hydrogen-bond acceptors (Lipinski definition) is 7. The van der Waals surface area contributed by atoms with E-state index in [1.807, 2.05) is 19.9 Å². The molecule has 0 spiro atoms. The lowest BCUT2D eigenvalue weighted by Gasteiger charge is -2.16. The third kappa shape index (κ3) is 5.54. The van der Waals surface area contributed by atoms with Crippen LogP contribution in [0.25, 0.3) is 0 Å². The molecule has 12 heteroatoms. The van der Waals surface area contributed by atoms with E-state index in [9.17, 15) is 19.3 Å². The van der Waals surface area contributed by atoms with Gasteiger partial charge in [-0.25, -0.2) is 4.39 Å². The highest BCUT2D eigenvalue weighted by Gasteiger charge is 2.20. The van der Waals surface area contributed by atoms with Crippen LogP contribution in [0, 0.1) is 15.9 Å². The Morgan fingerprint density at radius 2 is 2.09 bits per heavy atom. The molecule has 2 aromatic carbocycles. The number of amides is 1. The van der Waals surface area contributed by atoms with E-state index in [-0.39, 0.29) is 17.1 Å². The molecule has 32 heavy (non-hydrogen) atoms. The van der Waals surface area contributed by atoms with Crippen LogP contribution in [0.4, 0.5) is 15.8 Å². The van der Waals surface area contributed by atoms with Crippen molar-refractivity contribution in [1.29, 1.82) is 0 Å². The van der Waals surface area contributed by atoms with E-state index < -0.39 is 22.8 Å². The summed E-state index contributed by atoms with van der Waals surface area (Å²) in [5.41, 5.74) is -0.582. The summed E-state index contributed by atoms with van der Waals surface area (Å²) < 4.78 is 21.6. The van der Waals surface area contributed by atoms with Gasteiger partial charge in [-0.1, -0.05) is 35.5 Å². The van der Waals surface area contributed by atoms with Crippen molar-refractivity contribution < 1.29 is 18.8 Å². The average Bonchev–Trinajstić information content (AvgIpc) is 3.18. The molecule has 3 rings (SSSR count). The molecule has 1 unspecified atom stereocenters. The Hall–Kier alpha value is -3.18. The number of non-ortho nitro benzene ring substituents is 1. The Morgan fingerprint density at radius 1 is 1.34 bits per heavy atom. The first-order valence-corrected chi connectivity index (χ1v) is 10.9. The minimum absolute atomic E-state index is 0.0972. The number of halogens is 2. The topological polar surface area (TPSA) is 112 Å². The fraction of sp³-hybridized carbons (Fsp3) is 0.250. The average molecular weight is 480 g/mol. The molecule has 0 radical (unpaired) electrons. The van der Waals surface area contributed by atoms with Crippen LogP contribution in [-0.2, 0) is 11.3 Å². The molecule has 0 aliphatic carbocycles. The van der Waals surface area contributed by atoms with Gasteiger partial charge in [-0.05, 0) is 32.0 Å². The predicted molar refractivity (Wildman–Crippen MR) is 119 cm³/mol. The minimum atomic E-state index is -0.765. The van der Waals surface area contributed by atoms with Gasteiger partial charge in [-0.15, -0.1) is 10.2 Å². The van der Waals surface area contributed by atoms with Crippen LogP contribution in [0.5, 0.6) is 5.75 Å². The van der Waals surface area contributed by atoms with E-state index in [0.29, 0.717) is 28.3 Å². The predicted octanol–water partition coefficient (Wildman–Crippen LogP) is 4.87. The van der Waals surface area contributed by atoms with Gasteiger partial charge < -0.3 is 14.6 Å². The van der Waals surface area contributed by atoms with Gasteiger partial charge in [0.25, 0.3) is 5.69 Å². The second-order valence-corrected chi connectivity index (χ2v) is 7.88. The number of carbonyl (C=O) groups excluding carboxylic acids is 1. The van der Waals surface area contributed by atoms with E-state index in [0.717, 1.165) is 30.0 Å². The molecule has 9 nitrogen and oxygen atoms in total. The van der Waals surface area contributed by atoms with Gasteiger partial charge in [0.15, 0.2) is 17.1 Å². The van der Waals surface area contributed by atoms with E-state index in [4.69, 9.17) is 16.3 Å². The summed E-state index contributed by atoms with van der Waals surface area (Å²) in [5, 5.41) is 22.5. The number of anilines is 1. The highest BCUT2D eigenvalue weighted by atomic mass is 35.5. The summed E-state index contributed by atoms with van der Waals surface area (Å²) in [4.78, 5) is 22.5. The van der Waals surface area contributed by atoms with Crippen molar-refractivity contribution in [3.05, 3.63) is 69.2 Å². The normalized spacial score (nSPS) is 11.8. The molecule has 0 saturated carbocycles. The molecule has 0 aliphatic rings. The Morgan fingerprint density at radius 3 is 2.78 bits per heavy atom. The smallest absolute Gasteiger partial charge is 0.271 e. The SMILES string of the molecule is CCn1c(SCC(=O)Nc2cc([N+](=O)[O-])ccc2F)nnc1C(C)Oc1ccccc1Cl. The molecule has 0 aliphatic heterocycles. The molecule has 168 valence electrons. The molecule has 0 bridgehead atoms. The Labute approximate surface area is 192 Å². The fourth-order valence-electron chi connectivity index (χ4n) is 2.83. The van der Waals surface area contributed by atoms with Gasteiger partial charge in [0.1, 0.15) is 11.6 Å². The lowest BCUT2D eigenvalue weighted by atomic mass is 10.2. The molecule has 1 atom stereocenters. The van der Waals surface area contributed by atoms with Gasteiger partial charge >= 0.3 is 0 Å². The van der Waals surface area contributed by atoms with Crippen LogP contribution >= 0.6 is 23.4 Å². The number of nitro groups is 1. The Balaban J connectivity index is 1.66. The maximum atomic E-state index is 13.9. The molecule has 0 fully saturated rings. The lowest BCUT2D eigenvalue weighted by molar-refractivity contribution is -0.384. The monoisotopic (exact) mass is 479 g/mol. The molecule has 1 aromatic heterocycles. The van der Waals surface area contributed by atoms with Crippen LogP contribution < -0.4 is 10.1 Å². The van der Waals surface area contributed by atoms with Crippen LogP contribution in [0.3, 0.4) is 0 Å². The van der Waals surface area contributed by atoms with Crippen molar-refractivity contribution in [2.75, 3.05) is 11.1 Å². The van der Waals surface area contributed by atoms with Crippen LogP contribution in [0.2, 0.25) is 5.02 Å². The number of aromatic nitrogens is 3. The summed E-state index contributed by atoms with van der Waals surface area (Å²) in [5.74, 6) is -0.333. The zero-order valence-corrected chi connectivity index (χ0v) is 18.7. The lowest BCUT2D eigenvalue weighted by Crippen LogP contribution is -2.16. The molecular weight excluding hydrogens is 461 g/mol. The van der Waals surface area contributed by atoms with E-state index >= 15 is 0 Å². The first-order valence-electron chi connectivity index (χ1n) is 9.51. The maximum absolute atomic E-state index is 13.9. The summed E-state index contributed by atoms with van der Waals surface area (Å²) >= 11 is 7.25. The highest BCUT2D eigenvalue weighted by Crippen LogP contribution is 2.29. The number of nitrogens with zero attached hydrogens (tertiary/aromatic N) is 4. The third-order valence-electron chi connectivity index (χ3n) is 4.33. The standard InChI is InChI=1S/C20H19ClFN5O4S/c1-3-26-19(12(2)31-17-7-5-4-6-14(17)21)24-25-20(26)32-11-18(28)23-16-10-13(27(29)30)8-9-15(16)22/h4-10,12H,3,11H2,1-2H3,(H,23,28). The van der Waals surface area contributed by atoms with Crippen molar-refractivity contribution in [3.63, 3.8) is 0 Å². The number of para-hydroxylation sites is 1. The first kappa shape index (κ1) is 23.5. The third-order valence-corrected chi connectivity index (χ3v) is 5.61. The van der Waals surface area contributed by atoms with Crippen LogP contribution in [0.1, 0.15) is 25.8 Å². The van der Waals surface area contributed by atoms with Crippen LogP contribution in [0.15, 0.2) is 47.6 Å². The van der Waals surface area contributed by atoms with Gasteiger partial charge in [0.2, 0.25) is 5.91 Å². The van der Waals surface area contributed by atoms with E-state index in [1.54, 1.807) is 22.8 Å². The number of nitro benzene ring substituents is 1. The van der Waals surface area contributed by atoms with Gasteiger partial charge in [0, 0.05) is 18.7 Å². The molecular formula is C20H19ClFN5O4S. The molecule has 1 N–H and O–H groups in total. The zero-order valence-electron chi connectivity index (χ0n) is 17.1. The fourth-order valence-corrected chi connectivity index (χ4v) is 3.82. The minimum Gasteiger partial charge on any atom is -0.481 e. The zero-order chi connectivity index (χ0) is 23.3.